The van der Waals surface area contributed by atoms with Gasteiger partial charge in [0.15, 0.2) is 0 Å². The number of carboxylic acids is 1. The summed E-state index contributed by atoms with van der Waals surface area (Å²) in [5.41, 5.74) is 5.08. The Labute approximate surface area is 179 Å². The lowest BCUT2D eigenvalue weighted by Crippen LogP contribution is -2.30. The minimum Gasteiger partial charge on any atom is -0.490 e. The van der Waals surface area contributed by atoms with E-state index in [2.05, 4.69) is 57.2 Å². The Morgan fingerprint density at radius 3 is 2.43 bits per heavy atom. The van der Waals surface area contributed by atoms with E-state index in [1.54, 1.807) is 0 Å². The number of fused-ring (bicyclic) bond motifs is 1. The molecule has 1 N–H and O–H groups in total. The van der Waals surface area contributed by atoms with Crippen molar-refractivity contribution in [2.24, 2.45) is 11.3 Å². The van der Waals surface area contributed by atoms with Gasteiger partial charge in [-0.15, -0.1) is 0 Å². The largest absolute Gasteiger partial charge is 0.490 e. The molecule has 0 amide bonds. The molecule has 0 aromatic heterocycles. The third-order valence-corrected chi connectivity index (χ3v) is 6.74. The average molecular weight is 408 g/mol. The third kappa shape index (κ3) is 4.70. The van der Waals surface area contributed by atoms with E-state index in [0.717, 1.165) is 35.6 Å². The zero-order valence-electron chi connectivity index (χ0n) is 18.4. The van der Waals surface area contributed by atoms with Crippen molar-refractivity contribution in [3.8, 4) is 16.9 Å². The van der Waals surface area contributed by atoms with Crippen molar-refractivity contribution in [3.05, 3.63) is 53.6 Å². The Balaban J connectivity index is 1.48. The Kier molecular flexibility index (Phi) is 5.88. The number of benzene rings is 2. The van der Waals surface area contributed by atoms with Gasteiger partial charge in [-0.25, -0.2) is 0 Å². The van der Waals surface area contributed by atoms with Crippen LogP contribution in [-0.4, -0.2) is 28.6 Å². The lowest BCUT2D eigenvalue weighted by atomic mass is 9.72. The number of nitrogens with zero attached hydrogens (tertiary/aromatic N) is 1. The van der Waals surface area contributed by atoms with Crippen molar-refractivity contribution < 1.29 is 14.6 Å². The molecule has 4 nitrogen and oxygen atoms in total. The van der Waals surface area contributed by atoms with Crippen LogP contribution in [0.3, 0.4) is 0 Å². The van der Waals surface area contributed by atoms with Crippen molar-refractivity contribution in [3.63, 3.8) is 0 Å². The monoisotopic (exact) mass is 407 g/mol. The molecular weight excluding hydrogens is 374 g/mol. The van der Waals surface area contributed by atoms with Gasteiger partial charge in [0.2, 0.25) is 0 Å². The van der Waals surface area contributed by atoms with E-state index < -0.39 is 5.97 Å². The van der Waals surface area contributed by atoms with Gasteiger partial charge in [-0.1, -0.05) is 51.1 Å². The van der Waals surface area contributed by atoms with E-state index in [1.165, 1.54) is 24.0 Å². The Morgan fingerprint density at radius 1 is 1.03 bits per heavy atom. The van der Waals surface area contributed by atoms with E-state index in [0.29, 0.717) is 18.5 Å². The maximum atomic E-state index is 11.0. The highest BCUT2D eigenvalue weighted by atomic mass is 16.5. The molecule has 0 atom stereocenters. The molecule has 1 aliphatic carbocycles. The zero-order chi connectivity index (χ0) is 21.3. The summed E-state index contributed by atoms with van der Waals surface area (Å²) in [5.74, 6) is 0.957. The maximum absolute atomic E-state index is 11.0. The SMILES string of the molecule is CC(C)(C)[C@H]1CC[C@H](Oc2ccccc2-c2ccc3c(c2)CN(CC(=O)O)C3)CC1. The number of carbonyl (C=O) groups is 1. The fraction of sp³-hybridized carbons (Fsp3) is 0.500. The summed E-state index contributed by atoms with van der Waals surface area (Å²) in [7, 11) is 0. The van der Waals surface area contributed by atoms with Gasteiger partial charge in [-0.05, 0) is 65.8 Å². The second kappa shape index (κ2) is 8.43. The van der Waals surface area contributed by atoms with Gasteiger partial charge < -0.3 is 9.84 Å². The van der Waals surface area contributed by atoms with Crippen LogP contribution in [0.1, 0.15) is 57.6 Å². The van der Waals surface area contributed by atoms with Gasteiger partial charge in [0.1, 0.15) is 5.75 Å². The first kappa shape index (κ1) is 20.9. The van der Waals surface area contributed by atoms with Crippen LogP contribution in [-0.2, 0) is 17.9 Å². The number of para-hydroxylation sites is 1. The van der Waals surface area contributed by atoms with Crippen LogP contribution in [0.2, 0.25) is 0 Å². The molecule has 0 unspecified atom stereocenters. The average Bonchev–Trinajstić information content (AvgIpc) is 3.08. The third-order valence-electron chi connectivity index (χ3n) is 6.74. The van der Waals surface area contributed by atoms with E-state index in [4.69, 9.17) is 9.84 Å². The van der Waals surface area contributed by atoms with Crippen molar-refractivity contribution in [1.29, 1.82) is 0 Å². The molecule has 2 aromatic carbocycles. The summed E-state index contributed by atoms with van der Waals surface area (Å²) in [4.78, 5) is 13.0. The summed E-state index contributed by atoms with van der Waals surface area (Å²) in [5, 5.41) is 9.08. The standard InChI is InChI=1S/C26H33NO3/c1-26(2,3)21-10-12-22(13-11-21)30-24-7-5-4-6-23(24)18-8-9-19-15-27(17-25(28)29)16-20(19)14-18/h4-9,14,21-22H,10-13,15-17H2,1-3H3,(H,28,29)/t21-,22-. The fourth-order valence-electron chi connectivity index (χ4n) is 4.97. The molecule has 1 saturated carbocycles. The predicted molar refractivity (Wildman–Crippen MR) is 119 cm³/mol. The first-order valence-electron chi connectivity index (χ1n) is 11.1. The van der Waals surface area contributed by atoms with E-state index in [1.807, 2.05) is 11.0 Å². The molecule has 0 spiro atoms. The van der Waals surface area contributed by atoms with Gasteiger partial charge in [0.05, 0.1) is 12.6 Å². The molecule has 2 aliphatic rings. The minimum absolute atomic E-state index is 0.0843. The molecule has 1 aliphatic heterocycles. The molecule has 160 valence electrons. The molecule has 0 saturated heterocycles. The zero-order valence-corrected chi connectivity index (χ0v) is 18.4. The number of rotatable bonds is 5. The molecule has 0 radical (unpaired) electrons. The van der Waals surface area contributed by atoms with Gasteiger partial charge in [0, 0.05) is 18.7 Å². The van der Waals surface area contributed by atoms with Crippen molar-refractivity contribution >= 4 is 5.97 Å². The van der Waals surface area contributed by atoms with E-state index >= 15 is 0 Å². The number of hydrogen-bond acceptors (Lipinski definition) is 3. The predicted octanol–water partition coefficient (Wildman–Crippen LogP) is 5.74. The highest BCUT2D eigenvalue weighted by Gasteiger charge is 2.30. The molecule has 0 bridgehead atoms. The fourth-order valence-corrected chi connectivity index (χ4v) is 4.97. The van der Waals surface area contributed by atoms with Crippen LogP contribution in [0, 0.1) is 11.3 Å². The Bertz CT molecular complexity index is 907. The van der Waals surface area contributed by atoms with Crippen LogP contribution in [0.25, 0.3) is 11.1 Å². The van der Waals surface area contributed by atoms with Gasteiger partial charge in [0.25, 0.3) is 0 Å². The highest BCUT2D eigenvalue weighted by Crippen LogP contribution is 2.40. The van der Waals surface area contributed by atoms with Crippen molar-refractivity contribution in [2.75, 3.05) is 6.54 Å². The van der Waals surface area contributed by atoms with Crippen molar-refractivity contribution in [1.82, 2.24) is 4.90 Å². The number of ether oxygens (including phenoxy) is 1. The molecule has 1 heterocycles. The summed E-state index contributed by atoms with van der Waals surface area (Å²) in [6, 6.07) is 14.8. The van der Waals surface area contributed by atoms with Crippen LogP contribution >= 0.6 is 0 Å². The summed E-state index contributed by atoms with van der Waals surface area (Å²) >= 11 is 0. The molecular formula is C26H33NO3. The maximum Gasteiger partial charge on any atom is 0.317 e. The van der Waals surface area contributed by atoms with Crippen LogP contribution in [0.4, 0.5) is 0 Å². The molecule has 1 fully saturated rings. The minimum atomic E-state index is -0.775. The second-order valence-corrected chi connectivity index (χ2v) is 9.98. The Hall–Kier alpha value is -2.33. The van der Waals surface area contributed by atoms with Crippen LogP contribution in [0.15, 0.2) is 42.5 Å². The number of aliphatic carboxylic acids is 1. The number of hydrogen-bond donors (Lipinski definition) is 1. The first-order valence-corrected chi connectivity index (χ1v) is 11.1. The molecule has 4 heteroatoms. The topological polar surface area (TPSA) is 49.8 Å². The molecule has 4 rings (SSSR count). The number of carboxylic acid groups (broad SMARTS) is 1. The molecule has 30 heavy (non-hydrogen) atoms. The smallest absolute Gasteiger partial charge is 0.317 e. The van der Waals surface area contributed by atoms with E-state index in [9.17, 15) is 4.79 Å². The first-order chi connectivity index (χ1) is 14.3. The van der Waals surface area contributed by atoms with Gasteiger partial charge >= 0.3 is 5.97 Å². The highest BCUT2D eigenvalue weighted by molar-refractivity contribution is 5.72. The van der Waals surface area contributed by atoms with Gasteiger partial charge in [-0.3, -0.25) is 9.69 Å². The normalized spacial score (nSPS) is 22.0. The van der Waals surface area contributed by atoms with Crippen LogP contribution < -0.4 is 4.74 Å². The quantitative estimate of drug-likeness (QED) is 0.687. The summed E-state index contributed by atoms with van der Waals surface area (Å²) < 4.78 is 6.51. The lowest BCUT2D eigenvalue weighted by Gasteiger charge is -2.37. The summed E-state index contributed by atoms with van der Waals surface area (Å²) in [6.07, 6.45) is 4.98. The molecule has 2 aromatic rings. The van der Waals surface area contributed by atoms with Crippen LogP contribution in [0.5, 0.6) is 5.75 Å². The van der Waals surface area contributed by atoms with Gasteiger partial charge in [-0.2, -0.15) is 0 Å². The second-order valence-electron chi connectivity index (χ2n) is 9.98. The van der Waals surface area contributed by atoms with E-state index in [-0.39, 0.29) is 12.6 Å². The Morgan fingerprint density at radius 2 is 1.73 bits per heavy atom. The summed E-state index contributed by atoms with van der Waals surface area (Å²) in [6.45, 7) is 8.52. The lowest BCUT2D eigenvalue weighted by molar-refractivity contribution is -0.138. The van der Waals surface area contributed by atoms with Crippen molar-refractivity contribution in [2.45, 2.75) is 65.6 Å².